The van der Waals surface area contributed by atoms with Gasteiger partial charge in [0.15, 0.2) is 0 Å². The zero-order valence-electron chi connectivity index (χ0n) is 10.3. The van der Waals surface area contributed by atoms with Gasteiger partial charge in [0.05, 0.1) is 0 Å². The summed E-state index contributed by atoms with van der Waals surface area (Å²) in [5.41, 5.74) is 1.56. The standard InChI is InChI=1S/C14H18FNS/c1-11(2)12-7-9-16(10-8-12)17-14-5-3-13(15)4-6-14/h3-7,11H,8-10H2,1-2H3. The zero-order valence-corrected chi connectivity index (χ0v) is 11.1. The lowest BCUT2D eigenvalue weighted by atomic mass is 9.98. The van der Waals surface area contributed by atoms with Crippen molar-refractivity contribution >= 4 is 11.9 Å². The SMILES string of the molecule is CC(C)C1=CCN(Sc2ccc(F)cc2)CC1. The van der Waals surface area contributed by atoms with Crippen LogP contribution in [0.1, 0.15) is 20.3 Å². The number of halogens is 1. The second-order valence-electron chi connectivity index (χ2n) is 4.62. The van der Waals surface area contributed by atoms with Gasteiger partial charge >= 0.3 is 0 Å². The minimum absolute atomic E-state index is 0.171. The Morgan fingerprint density at radius 1 is 1.24 bits per heavy atom. The molecule has 0 saturated carbocycles. The molecule has 2 rings (SSSR count). The van der Waals surface area contributed by atoms with Crippen LogP contribution in [0.2, 0.25) is 0 Å². The van der Waals surface area contributed by atoms with Gasteiger partial charge in [0, 0.05) is 18.0 Å². The number of benzene rings is 1. The fraction of sp³-hybridized carbons (Fsp3) is 0.429. The van der Waals surface area contributed by atoms with Crippen LogP contribution in [0.4, 0.5) is 4.39 Å². The number of hydrogen-bond donors (Lipinski definition) is 0. The van der Waals surface area contributed by atoms with Gasteiger partial charge < -0.3 is 0 Å². The molecular weight excluding hydrogens is 233 g/mol. The maximum atomic E-state index is 12.8. The Morgan fingerprint density at radius 2 is 1.94 bits per heavy atom. The van der Waals surface area contributed by atoms with Crippen LogP contribution < -0.4 is 0 Å². The summed E-state index contributed by atoms with van der Waals surface area (Å²) in [6.07, 6.45) is 3.47. The van der Waals surface area contributed by atoms with E-state index < -0.39 is 0 Å². The lowest BCUT2D eigenvalue weighted by molar-refractivity contribution is 0.478. The monoisotopic (exact) mass is 251 g/mol. The van der Waals surface area contributed by atoms with Gasteiger partial charge in [-0.25, -0.2) is 8.70 Å². The molecule has 0 fully saturated rings. The van der Waals surface area contributed by atoms with Gasteiger partial charge in [0.25, 0.3) is 0 Å². The number of nitrogens with zero attached hydrogens (tertiary/aromatic N) is 1. The molecule has 0 aromatic heterocycles. The third-order valence-corrected chi connectivity index (χ3v) is 4.07. The van der Waals surface area contributed by atoms with Gasteiger partial charge in [-0.15, -0.1) is 0 Å². The first-order chi connectivity index (χ1) is 8.15. The fourth-order valence-electron chi connectivity index (χ4n) is 1.92. The molecule has 0 bridgehead atoms. The molecule has 3 heteroatoms. The van der Waals surface area contributed by atoms with Crippen molar-refractivity contribution in [1.82, 2.24) is 4.31 Å². The van der Waals surface area contributed by atoms with Crippen molar-refractivity contribution in [3.8, 4) is 0 Å². The molecule has 0 radical (unpaired) electrons. The molecule has 1 heterocycles. The number of hydrogen-bond acceptors (Lipinski definition) is 2. The van der Waals surface area contributed by atoms with Crippen LogP contribution >= 0.6 is 11.9 Å². The highest BCUT2D eigenvalue weighted by Crippen LogP contribution is 2.27. The Morgan fingerprint density at radius 3 is 2.47 bits per heavy atom. The van der Waals surface area contributed by atoms with E-state index in [1.54, 1.807) is 17.5 Å². The van der Waals surface area contributed by atoms with E-state index in [1.807, 2.05) is 12.1 Å². The van der Waals surface area contributed by atoms with Crippen molar-refractivity contribution in [2.24, 2.45) is 5.92 Å². The summed E-state index contributed by atoms with van der Waals surface area (Å²) in [6.45, 7) is 6.55. The molecule has 0 atom stereocenters. The van der Waals surface area contributed by atoms with Crippen molar-refractivity contribution in [1.29, 1.82) is 0 Å². The van der Waals surface area contributed by atoms with E-state index in [9.17, 15) is 4.39 Å². The van der Waals surface area contributed by atoms with Crippen molar-refractivity contribution in [3.05, 3.63) is 41.7 Å². The van der Waals surface area contributed by atoms with Gasteiger partial charge in [-0.3, -0.25) is 0 Å². The maximum Gasteiger partial charge on any atom is 0.123 e. The highest BCUT2D eigenvalue weighted by molar-refractivity contribution is 7.97. The summed E-state index contributed by atoms with van der Waals surface area (Å²) in [6, 6.07) is 6.70. The Balaban J connectivity index is 1.92. The minimum atomic E-state index is -0.171. The molecular formula is C14H18FNS. The highest BCUT2D eigenvalue weighted by atomic mass is 32.2. The molecule has 0 unspecified atom stereocenters. The highest BCUT2D eigenvalue weighted by Gasteiger charge is 2.14. The average Bonchev–Trinajstić information content (AvgIpc) is 2.33. The van der Waals surface area contributed by atoms with Crippen molar-refractivity contribution < 1.29 is 4.39 Å². The Labute approximate surface area is 107 Å². The predicted molar refractivity (Wildman–Crippen MR) is 71.4 cm³/mol. The molecule has 0 N–H and O–H groups in total. The van der Waals surface area contributed by atoms with Crippen LogP contribution in [0.15, 0.2) is 40.8 Å². The summed E-state index contributed by atoms with van der Waals surface area (Å²) >= 11 is 1.71. The quantitative estimate of drug-likeness (QED) is 0.587. The molecule has 0 aliphatic carbocycles. The van der Waals surface area contributed by atoms with Gasteiger partial charge in [-0.1, -0.05) is 25.5 Å². The molecule has 1 nitrogen and oxygen atoms in total. The summed E-state index contributed by atoms with van der Waals surface area (Å²) in [5, 5.41) is 0. The molecule has 1 aliphatic heterocycles. The first-order valence-electron chi connectivity index (χ1n) is 6.02. The van der Waals surface area contributed by atoms with Gasteiger partial charge in [0.2, 0.25) is 0 Å². The van der Waals surface area contributed by atoms with Gasteiger partial charge in [-0.2, -0.15) is 0 Å². The molecule has 1 aromatic carbocycles. The summed E-state index contributed by atoms with van der Waals surface area (Å²) in [4.78, 5) is 1.10. The number of rotatable bonds is 3. The zero-order chi connectivity index (χ0) is 12.3. The van der Waals surface area contributed by atoms with E-state index in [-0.39, 0.29) is 5.82 Å². The lowest BCUT2D eigenvalue weighted by Gasteiger charge is -2.26. The summed E-state index contributed by atoms with van der Waals surface area (Å²) in [7, 11) is 0. The van der Waals surface area contributed by atoms with Crippen molar-refractivity contribution in [2.45, 2.75) is 25.2 Å². The van der Waals surface area contributed by atoms with Crippen LogP contribution in [0.5, 0.6) is 0 Å². The maximum absolute atomic E-state index is 12.8. The Hall–Kier alpha value is -0.800. The third-order valence-electron chi connectivity index (χ3n) is 3.00. The summed E-state index contributed by atoms with van der Waals surface area (Å²) < 4.78 is 15.1. The van der Waals surface area contributed by atoms with E-state index >= 15 is 0 Å². The van der Waals surface area contributed by atoms with Crippen LogP contribution in [-0.4, -0.2) is 17.4 Å². The molecule has 1 aliphatic rings. The van der Waals surface area contributed by atoms with Crippen molar-refractivity contribution in [2.75, 3.05) is 13.1 Å². The van der Waals surface area contributed by atoms with Gasteiger partial charge in [0.1, 0.15) is 5.82 Å². The Bertz CT molecular complexity index is 397. The third kappa shape index (κ3) is 3.58. The van der Waals surface area contributed by atoms with Crippen LogP contribution in [0, 0.1) is 11.7 Å². The topological polar surface area (TPSA) is 3.24 Å². The van der Waals surface area contributed by atoms with Crippen LogP contribution in [0.3, 0.4) is 0 Å². The summed E-state index contributed by atoms with van der Waals surface area (Å²) in [5.74, 6) is 0.489. The Kier molecular flexibility index (Phi) is 4.24. The molecule has 0 amide bonds. The fourth-order valence-corrected chi connectivity index (χ4v) is 2.81. The second kappa shape index (κ2) is 5.69. The largest absolute Gasteiger partial charge is 0.242 e. The normalized spacial score (nSPS) is 17.3. The molecule has 0 spiro atoms. The van der Waals surface area contributed by atoms with E-state index in [1.165, 1.54) is 12.1 Å². The molecule has 17 heavy (non-hydrogen) atoms. The van der Waals surface area contributed by atoms with Crippen LogP contribution in [0.25, 0.3) is 0 Å². The van der Waals surface area contributed by atoms with E-state index in [0.717, 1.165) is 24.4 Å². The van der Waals surface area contributed by atoms with E-state index in [2.05, 4.69) is 24.2 Å². The molecule has 1 aromatic rings. The van der Waals surface area contributed by atoms with E-state index in [4.69, 9.17) is 0 Å². The van der Waals surface area contributed by atoms with Gasteiger partial charge in [-0.05, 0) is 48.6 Å². The smallest absolute Gasteiger partial charge is 0.123 e. The van der Waals surface area contributed by atoms with Crippen molar-refractivity contribution in [3.63, 3.8) is 0 Å². The van der Waals surface area contributed by atoms with E-state index in [0.29, 0.717) is 5.92 Å². The average molecular weight is 251 g/mol. The first kappa shape index (κ1) is 12.7. The van der Waals surface area contributed by atoms with Crippen LogP contribution in [-0.2, 0) is 0 Å². The molecule has 92 valence electrons. The second-order valence-corrected chi connectivity index (χ2v) is 5.79. The molecule has 0 saturated heterocycles. The lowest BCUT2D eigenvalue weighted by Crippen LogP contribution is -2.23. The minimum Gasteiger partial charge on any atom is -0.242 e. The first-order valence-corrected chi connectivity index (χ1v) is 6.80. The predicted octanol–water partition coefficient (Wildman–Crippen LogP) is 4.12.